The maximum absolute atomic E-state index is 12.4. The van der Waals surface area contributed by atoms with Crippen LogP contribution in [-0.2, 0) is 19.5 Å². The molecule has 1 fully saturated rings. The Morgan fingerprint density at radius 1 is 1.11 bits per heavy atom. The first-order valence-electron chi connectivity index (χ1n) is 10.3. The van der Waals surface area contributed by atoms with E-state index in [0.29, 0.717) is 12.2 Å². The van der Waals surface area contributed by atoms with Gasteiger partial charge in [-0.05, 0) is 18.5 Å². The fourth-order valence-corrected chi connectivity index (χ4v) is 4.01. The zero-order valence-corrected chi connectivity index (χ0v) is 16.4. The third-order valence-corrected chi connectivity index (χ3v) is 5.67. The first-order valence-corrected chi connectivity index (χ1v) is 10.3. The Bertz CT molecular complexity index is 766. The Morgan fingerprint density at radius 2 is 1.89 bits per heavy atom. The minimum Gasteiger partial charge on any atom is -0.351 e. The van der Waals surface area contributed by atoms with E-state index in [1.165, 1.54) is 5.56 Å². The summed E-state index contributed by atoms with van der Waals surface area (Å²) in [5.41, 5.74) is 4.06. The second-order valence-corrected chi connectivity index (χ2v) is 7.67. The van der Waals surface area contributed by atoms with Crippen molar-refractivity contribution in [1.29, 1.82) is 0 Å². The lowest BCUT2D eigenvalue weighted by Gasteiger charge is -2.34. The molecule has 1 saturated heterocycles. The molecule has 0 unspecified atom stereocenters. The number of hydrogen-bond acceptors (Lipinski definition) is 5. The number of nitrogens with zero attached hydrogens (tertiary/aromatic N) is 3. The molecule has 7 heteroatoms. The molecular weight excluding hydrogens is 352 g/mol. The topological polar surface area (TPSA) is 76.3 Å². The van der Waals surface area contributed by atoms with Crippen LogP contribution in [0.5, 0.6) is 0 Å². The van der Waals surface area contributed by atoms with Gasteiger partial charge in [0.2, 0.25) is 0 Å². The third kappa shape index (κ3) is 4.79. The zero-order chi connectivity index (χ0) is 19.2. The average molecular weight is 383 g/mol. The number of aromatic amines is 1. The number of nitrogens with one attached hydrogen (secondary N) is 3. The van der Waals surface area contributed by atoms with Crippen LogP contribution < -0.4 is 10.6 Å². The molecule has 4 rings (SSSR count). The lowest BCUT2D eigenvalue weighted by molar-refractivity contribution is 0.0941. The number of piperazine rings is 1. The first-order chi connectivity index (χ1) is 13.8. The molecule has 3 N–H and O–H groups in total. The summed E-state index contributed by atoms with van der Waals surface area (Å²) in [5, 5.41) is 13.6. The molecule has 2 aliphatic rings. The maximum Gasteiger partial charge on any atom is 0.272 e. The van der Waals surface area contributed by atoms with Gasteiger partial charge in [0.1, 0.15) is 0 Å². The zero-order valence-electron chi connectivity index (χ0n) is 16.4. The van der Waals surface area contributed by atoms with Gasteiger partial charge in [-0.3, -0.25) is 14.8 Å². The van der Waals surface area contributed by atoms with Crippen LogP contribution in [-0.4, -0.2) is 71.7 Å². The van der Waals surface area contributed by atoms with Crippen molar-refractivity contribution in [2.24, 2.45) is 0 Å². The van der Waals surface area contributed by atoms with Crippen LogP contribution in [0.2, 0.25) is 0 Å². The highest BCUT2D eigenvalue weighted by atomic mass is 16.1. The number of fused-ring (bicyclic) bond motifs is 1. The smallest absolute Gasteiger partial charge is 0.272 e. The van der Waals surface area contributed by atoms with Crippen LogP contribution in [0.1, 0.15) is 33.7 Å². The number of carbonyl (C=O) groups is 1. The second-order valence-electron chi connectivity index (χ2n) is 7.67. The van der Waals surface area contributed by atoms with Crippen molar-refractivity contribution in [3.8, 4) is 0 Å². The fourth-order valence-electron chi connectivity index (χ4n) is 4.01. The van der Waals surface area contributed by atoms with Gasteiger partial charge in [-0.25, -0.2) is 0 Å². The van der Waals surface area contributed by atoms with Gasteiger partial charge in [-0.1, -0.05) is 30.3 Å². The second kappa shape index (κ2) is 9.32. The van der Waals surface area contributed by atoms with Gasteiger partial charge in [0.05, 0.1) is 0 Å². The van der Waals surface area contributed by atoms with Crippen LogP contribution in [0.25, 0.3) is 0 Å². The number of H-pyrrole nitrogens is 1. The van der Waals surface area contributed by atoms with Gasteiger partial charge in [-0.15, -0.1) is 0 Å². The van der Waals surface area contributed by atoms with Gasteiger partial charge in [0, 0.05) is 70.0 Å². The van der Waals surface area contributed by atoms with E-state index < -0.39 is 0 Å². The number of hydrogen-bond donors (Lipinski definition) is 3. The van der Waals surface area contributed by atoms with Crippen molar-refractivity contribution in [3.05, 3.63) is 52.8 Å². The Labute approximate surface area is 166 Å². The Kier molecular flexibility index (Phi) is 6.36. The van der Waals surface area contributed by atoms with E-state index in [9.17, 15) is 4.79 Å². The van der Waals surface area contributed by atoms with Crippen LogP contribution >= 0.6 is 0 Å². The highest BCUT2D eigenvalue weighted by Crippen LogP contribution is 2.15. The molecular formula is C21H30N6O. The average Bonchev–Trinajstić information content (AvgIpc) is 3.17. The molecule has 1 amide bonds. The highest BCUT2D eigenvalue weighted by Gasteiger charge is 2.21. The molecule has 28 heavy (non-hydrogen) atoms. The van der Waals surface area contributed by atoms with Gasteiger partial charge in [0.15, 0.2) is 5.69 Å². The minimum absolute atomic E-state index is 0.0612. The molecule has 0 spiro atoms. The van der Waals surface area contributed by atoms with Gasteiger partial charge in [0.25, 0.3) is 5.91 Å². The molecule has 1 aromatic carbocycles. The van der Waals surface area contributed by atoms with Crippen molar-refractivity contribution in [3.63, 3.8) is 0 Å². The number of carbonyl (C=O) groups excluding carboxylic acids is 1. The molecule has 2 aromatic rings. The summed E-state index contributed by atoms with van der Waals surface area (Å²) in [4.78, 5) is 17.4. The molecule has 0 bridgehead atoms. The summed E-state index contributed by atoms with van der Waals surface area (Å²) >= 11 is 0. The van der Waals surface area contributed by atoms with Crippen molar-refractivity contribution >= 4 is 5.91 Å². The Hall–Kier alpha value is -2.22. The maximum atomic E-state index is 12.4. The first kappa shape index (κ1) is 19.1. The molecule has 7 nitrogen and oxygen atoms in total. The molecule has 0 radical (unpaired) electrons. The lowest BCUT2D eigenvalue weighted by atomic mass is 10.1. The van der Waals surface area contributed by atoms with Gasteiger partial charge in [-0.2, -0.15) is 5.10 Å². The molecule has 150 valence electrons. The predicted octanol–water partition coefficient (Wildman–Crippen LogP) is 0.993. The SMILES string of the molecule is O=C(NCCCN1CCN(Cc2ccccc2)CC1)c1n[nH]c2c1CNCC2. The van der Waals surface area contributed by atoms with Crippen LogP contribution in [0.4, 0.5) is 0 Å². The summed E-state index contributed by atoms with van der Waals surface area (Å²) in [6.07, 6.45) is 1.88. The van der Waals surface area contributed by atoms with E-state index in [1.807, 2.05) is 0 Å². The summed E-state index contributed by atoms with van der Waals surface area (Å²) in [6, 6.07) is 10.7. The van der Waals surface area contributed by atoms with Gasteiger partial charge >= 0.3 is 0 Å². The van der Waals surface area contributed by atoms with Crippen LogP contribution in [0.3, 0.4) is 0 Å². The van der Waals surface area contributed by atoms with E-state index in [1.54, 1.807) is 0 Å². The number of amides is 1. The highest BCUT2D eigenvalue weighted by molar-refractivity contribution is 5.94. The summed E-state index contributed by atoms with van der Waals surface area (Å²) in [7, 11) is 0. The number of benzene rings is 1. The van der Waals surface area contributed by atoms with Crippen molar-refractivity contribution in [2.75, 3.05) is 45.8 Å². The third-order valence-electron chi connectivity index (χ3n) is 5.67. The van der Waals surface area contributed by atoms with Crippen molar-refractivity contribution in [1.82, 2.24) is 30.6 Å². The predicted molar refractivity (Wildman–Crippen MR) is 109 cm³/mol. The van der Waals surface area contributed by atoms with Crippen molar-refractivity contribution < 1.29 is 4.79 Å². The van der Waals surface area contributed by atoms with E-state index in [-0.39, 0.29) is 5.91 Å². The summed E-state index contributed by atoms with van der Waals surface area (Å²) < 4.78 is 0. The summed E-state index contributed by atoms with van der Waals surface area (Å²) in [6.45, 7) is 8.82. The van der Waals surface area contributed by atoms with E-state index >= 15 is 0 Å². The monoisotopic (exact) mass is 382 g/mol. The molecule has 2 aliphatic heterocycles. The van der Waals surface area contributed by atoms with E-state index in [4.69, 9.17) is 0 Å². The normalized spacial score (nSPS) is 18.0. The fraction of sp³-hybridized carbons (Fsp3) is 0.524. The quantitative estimate of drug-likeness (QED) is 0.623. The van der Waals surface area contributed by atoms with Crippen LogP contribution in [0, 0.1) is 0 Å². The minimum atomic E-state index is -0.0612. The molecule has 0 aliphatic carbocycles. The Morgan fingerprint density at radius 3 is 2.71 bits per heavy atom. The number of rotatable bonds is 7. The van der Waals surface area contributed by atoms with Crippen molar-refractivity contribution in [2.45, 2.75) is 25.9 Å². The molecule has 0 atom stereocenters. The van der Waals surface area contributed by atoms with E-state index in [2.05, 4.69) is 61.0 Å². The molecule has 3 heterocycles. The van der Waals surface area contributed by atoms with Crippen LogP contribution in [0.15, 0.2) is 30.3 Å². The van der Waals surface area contributed by atoms with E-state index in [0.717, 1.165) is 76.5 Å². The standard InChI is InChI=1S/C21H30N6O/c28-21(20-18-15-22-9-7-19(18)24-25-20)23-8-4-10-26-11-13-27(14-12-26)16-17-5-2-1-3-6-17/h1-3,5-6,22H,4,7-16H2,(H,23,28)(H,24,25). The molecule has 1 aromatic heterocycles. The lowest BCUT2D eigenvalue weighted by Crippen LogP contribution is -2.46. The number of aromatic nitrogens is 2. The van der Waals surface area contributed by atoms with Gasteiger partial charge < -0.3 is 15.5 Å². The summed E-state index contributed by atoms with van der Waals surface area (Å²) in [5.74, 6) is -0.0612. The largest absolute Gasteiger partial charge is 0.351 e. The Balaban J connectivity index is 1.14. The molecule has 0 saturated carbocycles.